The lowest BCUT2D eigenvalue weighted by atomic mass is 9.91. The number of carbonyl (C=O) groups is 2. The molecule has 4 nitrogen and oxygen atoms in total. The summed E-state index contributed by atoms with van der Waals surface area (Å²) in [4.78, 5) is 22.9. The van der Waals surface area contributed by atoms with Crippen LogP contribution in [0.2, 0.25) is 0 Å². The summed E-state index contributed by atoms with van der Waals surface area (Å²) in [5.41, 5.74) is 0.972. The summed E-state index contributed by atoms with van der Waals surface area (Å²) >= 11 is 0. The average molecular weight is 242 g/mol. The molecule has 0 aromatic heterocycles. The van der Waals surface area contributed by atoms with Crippen LogP contribution in [0.3, 0.4) is 0 Å². The largest absolute Gasteiger partial charge is 0.465 e. The second-order valence-corrected chi connectivity index (χ2v) is 3.52. The molecule has 1 aliphatic rings. The first-order valence-electron chi connectivity index (χ1n) is 6.09. The molecule has 0 atom stereocenters. The fourth-order valence-electron chi connectivity index (χ4n) is 1.80. The van der Waals surface area contributed by atoms with E-state index in [4.69, 9.17) is 0 Å². The van der Waals surface area contributed by atoms with Crippen LogP contribution in [0.1, 0.15) is 46.0 Å². The molecule has 0 bridgehead atoms. The number of allylic oxidation sites excluding steroid dienone is 1. The van der Waals surface area contributed by atoms with Gasteiger partial charge in [0.25, 0.3) is 0 Å². The van der Waals surface area contributed by atoms with E-state index in [1.807, 2.05) is 13.8 Å². The molecule has 4 heteroatoms. The van der Waals surface area contributed by atoms with Crippen molar-refractivity contribution in [3.63, 3.8) is 0 Å². The van der Waals surface area contributed by atoms with Crippen molar-refractivity contribution in [2.75, 3.05) is 14.2 Å². The number of carbonyl (C=O) groups excluding carboxylic acids is 2. The van der Waals surface area contributed by atoms with Gasteiger partial charge >= 0.3 is 11.9 Å². The quantitative estimate of drug-likeness (QED) is 0.323. The minimum atomic E-state index is -0.584. The van der Waals surface area contributed by atoms with Crippen LogP contribution in [0.4, 0.5) is 0 Å². The maximum atomic E-state index is 11.4. The molecule has 1 aliphatic carbocycles. The molecule has 98 valence electrons. The average Bonchev–Trinajstić information content (AvgIpc) is 2.42. The van der Waals surface area contributed by atoms with Gasteiger partial charge in [-0.05, 0) is 31.3 Å². The van der Waals surface area contributed by atoms with Crippen LogP contribution in [-0.2, 0) is 19.1 Å². The van der Waals surface area contributed by atoms with E-state index < -0.39 is 11.9 Å². The van der Waals surface area contributed by atoms with Crippen molar-refractivity contribution in [1.82, 2.24) is 0 Å². The topological polar surface area (TPSA) is 52.6 Å². The molecule has 0 spiro atoms. The van der Waals surface area contributed by atoms with Crippen molar-refractivity contribution in [3.05, 3.63) is 11.1 Å². The predicted molar refractivity (Wildman–Crippen MR) is 65.5 cm³/mol. The normalized spacial score (nSPS) is 14.2. The Morgan fingerprint density at radius 1 is 0.882 bits per heavy atom. The fraction of sp³-hybridized carbons (Fsp3) is 0.692. The molecule has 0 aliphatic heterocycles. The number of esters is 2. The van der Waals surface area contributed by atoms with Gasteiger partial charge in [0.05, 0.1) is 14.2 Å². The molecule has 17 heavy (non-hydrogen) atoms. The van der Waals surface area contributed by atoms with E-state index in [1.54, 1.807) is 0 Å². The first kappa shape index (κ1) is 15.7. The van der Waals surface area contributed by atoms with Crippen LogP contribution in [0.15, 0.2) is 11.1 Å². The summed E-state index contributed by atoms with van der Waals surface area (Å²) in [5.74, 6) is -1.17. The minimum absolute atomic E-state index is 0.0969. The fourth-order valence-corrected chi connectivity index (χ4v) is 1.80. The molecule has 0 heterocycles. The Labute approximate surface area is 103 Å². The van der Waals surface area contributed by atoms with E-state index in [0.29, 0.717) is 0 Å². The van der Waals surface area contributed by atoms with Gasteiger partial charge in [0.15, 0.2) is 0 Å². The molecular formula is C13H22O4. The molecular weight excluding hydrogens is 220 g/mol. The molecule has 0 aromatic carbocycles. The van der Waals surface area contributed by atoms with E-state index in [-0.39, 0.29) is 5.57 Å². The number of hydrogen-bond donors (Lipinski definition) is 0. The molecule has 0 amide bonds. The number of ether oxygens (including phenoxy) is 2. The number of rotatable bonds is 2. The highest BCUT2D eigenvalue weighted by Crippen LogP contribution is 2.26. The van der Waals surface area contributed by atoms with Crippen molar-refractivity contribution in [2.45, 2.75) is 46.0 Å². The molecule has 1 saturated carbocycles. The maximum absolute atomic E-state index is 11.4. The second-order valence-electron chi connectivity index (χ2n) is 3.52. The standard InChI is InChI=1S/C11H16O4.C2H6/c1-14-10(12)9(11(13)15-2)8-6-4-3-5-7-8;1-2/h3-7H2,1-2H3;1-2H3. The highest BCUT2D eigenvalue weighted by Gasteiger charge is 2.25. The van der Waals surface area contributed by atoms with Crippen LogP contribution in [0.5, 0.6) is 0 Å². The zero-order valence-electron chi connectivity index (χ0n) is 11.2. The van der Waals surface area contributed by atoms with E-state index in [2.05, 4.69) is 9.47 Å². The third-order valence-corrected chi connectivity index (χ3v) is 2.59. The Morgan fingerprint density at radius 3 is 1.65 bits per heavy atom. The van der Waals surface area contributed by atoms with Gasteiger partial charge in [0.1, 0.15) is 5.57 Å². The smallest absolute Gasteiger partial charge is 0.345 e. The Kier molecular flexibility index (Phi) is 8.11. The van der Waals surface area contributed by atoms with Crippen LogP contribution in [0.25, 0.3) is 0 Å². The van der Waals surface area contributed by atoms with Crippen molar-refractivity contribution < 1.29 is 19.1 Å². The Bertz CT molecular complexity index is 266. The minimum Gasteiger partial charge on any atom is -0.465 e. The lowest BCUT2D eigenvalue weighted by molar-refractivity contribution is -0.144. The highest BCUT2D eigenvalue weighted by molar-refractivity contribution is 6.14. The third-order valence-electron chi connectivity index (χ3n) is 2.59. The van der Waals surface area contributed by atoms with Gasteiger partial charge in [-0.25, -0.2) is 9.59 Å². The molecule has 1 rings (SSSR count). The zero-order chi connectivity index (χ0) is 13.3. The van der Waals surface area contributed by atoms with E-state index in [1.165, 1.54) is 14.2 Å². The maximum Gasteiger partial charge on any atom is 0.345 e. The SMILES string of the molecule is CC.COC(=O)C(C(=O)OC)=C1CCCCC1. The third kappa shape index (κ3) is 4.59. The van der Waals surface area contributed by atoms with Gasteiger partial charge in [0.2, 0.25) is 0 Å². The van der Waals surface area contributed by atoms with Gasteiger partial charge in [-0.3, -0.25) is 0 Å². The molecule has 0 N–H and O–H groups in total. The first-order valence-corrected chi connectivity index (χ1v) is 6.09. The van der Waals surface area contributed by atoms with E-state index in [0.717, 1.165) is 37.7 Å². The second kappa shape index (κ2) is 8.79. The zero-order valence-corrected chi connectivity index (χ0v) is 11.2. The molecule has 1 fully saturated rings. The van der Waals surface area contributed by atoms with Crippen molar-refractivity contribution in [3.8, 4) is 0 Å². The number of methoxy groups -OCH3 is 2. The Morgan fingerprint density at radius 2 is 1.29 bits per heavy atom. The molecule has 0 unspecified atom stereocenters. The van der Waals surface area contributed by atoms with Gasteiger partial charge in [-0.1, -0.05) is 20.3 Å². The Balaban J connectivity index is 0.00000121. The Hall–Kier alpha value is -1.32. The van der Waals surface area contributed by atoms with Crippen LogP contribution in [-0.4, -0.2) is 26.2 Å². The summed E-state index contributed by atoms with van der Waals surface area (Å²) in [7, 11) is 2.54. The van der Waals surface area contributed by atoms with E-state index in [9.17, 15) is 9.59 Å². The highest BCUT2D eigenvalue weighted by atomic mass is 16.5. The van der Waals surface area contributed by atoms with Gasteiger partial charge in [-0.15, -0.1) is 0 Å². The summed E-state index contributed by atoms with van der Waals surface area (Å²) in [6, 6.07) is 0. The molecule has 0 aromatic rings. The molecule has 0 radical (unpaired) electrons. The van der Waals surface area contributed by atoms with Crippen LogP contribution < -0.4 is 0 Å². The van der Waals surface area contributed by atoms with Crippen molar-refractivity contribution in [2.24, 2.45) is 0 Å². The van der Waals surface area contributed by atoms with Crippen molar-refractivity contribution in [1.29, 1.82) is 0 Å². The van der Waals surface area contributed by atoms with Crippen molar-refractivity contribution >= 4 is 11.9 Å². The van der Waals surface area contributed by atoms with Gasteiger partial charge in [-0.2, -0.15) is 0 Å². The lowest BCUT2D eigenvalue weighted by Crippen LogP contribution is -2.19. The summed E-state index contributed by atoms with van der Waals surface area (Å²) in [5, 5.41) is 0. The summed E-state index contributed by atoms with van der Waals surface area (Å²) in [6.45, 7) is 4.00. The van der Waals surface area contributed by atoms with Gasteiger partial charge in [0, 0.05) is 0 Å². The molecule has 0 saturated heterocycles. The number of hydrogen-bond acceptors (Lipinski definition) is 4. The van der Waals surface area contributed by atoms with Crippen LogP contribution >= 0.6 is 0 Å². The monoisotopic (exact) mass is 242 g/mol. The summed E-state index contributed by atoms with van der Waals surface area (Å²) < 4.78 is 9.18. The van der Waals surface area contributed by atoms with Gasteiger partial charge < -0.3 is 9.47 Å². The van der Waals surface area contributed by atoms with Crippen LogP contribution in [0, 0.1) is 0 Å². The summed E-state index contributed by atoms with van der Waals surface area (Å²) in [6.07, 6.45) is 4.78. The first-order chi connectivity index (χ1) is 8.20. The van der Waals surface area contributed by atoms with E-state index >= 15 is 0 Å². The lowest BCUT2D eigenvalue weighted by Gasteiger charge is -2.16. The predicted octanol–water partition coefficient (Wildman–Crippen LogP) is 2.62.